The zero-order valence-corrected chi connectivity index (χ0v) is 17.7. The van der Waals surface area contributed by atoms with Crippen LogP contribution in [0.5, 0.6) is 0 Å². The van der Waals surface area contributed by atoms with Crippen molar-refractivity contribution < 1.29 is 23.9 Å². The largest absolute Gasteiger partial charge is 0.461 e. The van der Waals surface area contributed by atoms with Gasteiger partial charge in [0.15, 0.2) is 6.10 Å². The Labute approximate surface area is 166 Å². The zero-order chi connectivity index (χ0) is 21.0. The lowest BCUT2D eigenvalue weighted by Gasteiger charge is -2.35. The molecule has 7 heteroatoms. The van der Waals surface area contributed by atoms with Crippen LogP contribution in [-0.2, 0) is 14.3 Å². The first kappa shape index (κ1) is 22.0. The molecule has 1 heterocycles. The number of hydrogen-bond acceptors (Lipinski definition) is 5. The fourth-order valence-corrected chi connectivity index (χ4v) is 3.82. The molecule has 2 rings (SSSR count). The summed E-state index contributed by atoms with van der Waals surface area (Å²) in [6, 6.07) is 0.101. The van der Waals surface area contributed by atoms with Crippen molar-refractivity contribution in [3.8, 4) is 0 Å². The molecule has 0 radical (unpaired) electrons. The predicted molar refractivity (Wildman–Crippen MR) is 105 cm³/mol. The number of aromatic amines is 1. The van der Waals surface area contributed by atoms with Crippen LogP contribution in [0.15, 0.2) is 0 Å². The van der Waals surface area contributed by atoms with Gasteiger partial charge in [-0.3, -0.25) is 4.79 Å². The molecule has 2 N–H and O–H groups in total. The summed E-state index contributed by atoms with van der Waals surface area (Å²) in [5, 5.41) is 3.03. The van der Waals surface area contributed by atoms with Crippen LogP contribution in [0.4, 0.5) is 0 Å². The molecule has 0 bridgehead atoms. The van der Waals surface area contributed by atoms with Gasteiger partial charge in [0.2, 0.25) is 0 Å². The number of hydrogen-bond donors (Lipinski definition) is 2. The number of nitrogens with one attached hydrogen (secondary N) is 2. The van der Waals surface area contributed by atoms with Gasteiger partial charge in [0.05, 0.1) is 12.2 Å². The molecule has 28 heavy (non-hydrogen) atoms. The average Bonchev–Trinajstić information content (AvgIpc) is 2.93. The summed E-state index contributed by atoms with van der Waals surface area (Å²) in [6.07, 6.45) is 2.28. The maximum absolute atomic E-state index is 12.6. The Kier molecular flexibility index (Phi) is 7.27. The van der Waals surface area contributed by atoms with E-state index in [0.717, 1.165) is 12.8 Å². The van der Waals surface area contributed by atoms with Crippen LogP contribution < -0.4 is 5.32 Å². The second-order valence-electron chi connectivity index (χ2n) is 7.78. The van der Waals surface area contributed by atoms with Gasteiger partial charge in [-0.25, -0.2) is 9.59 Å². The number of ether oxygens (including phenoxy) is 2. The lowest BCUT2D eigenvalue weighted by molar-refractivity contribution is -0.130. The minimum absolute atomic E-state index is 0.101. The predicted octanol–water partition coefficient (Wildman–Crippen LogP) is 3.29. The van der Waals surface area contributed by atoms with Gasteiger partial charge in [0.25, 0.3) is 5.91 Å². The number of amides is 1. The fraction of sp³-hybridized carbons (Fsp3) is 0.667. The van der Waals surface area contributed by atoms with Crippen molar-refractivity contribution in [1.82, 2.24) is 10.3 Å². The van der Waals surface area contributed by atoms with Gasteiger partial charge < -0.3 is 19.8 Å². The van der Waals surface area contributed by atoms with Crippen molar-refractivity contribution in [2.75, 3.05) is 6.61 Å². The lowest BCUT2D eigenvalue weighted by Crippen LogP contribution is -2.47. The standard InChI is InChI=1S/C21H32N2O5/c1-7-27-21(26)18-13(4)17(14(5)22-18)20(25)28-15(6)19(24)23-16-10-8-9-11(2)12(16)3/h11-12,15-16,22H,7-10H2,1-6H3,(H,23,24)/t11-,12-,15+,16-/m0/s1. The molecule has 1 saturated carbocycles. The Morgan fingerprint density at radius 2 is 1.86 bits per heavy atom. The summed E-state index contributed by atoms with van der Waals surface area (Å²) in [6.45, 7) is 11.2. The molecule has 7 nitrogen and oxygen atoms in total. The molecule has 1 aliphatic carbocycles. The van der Waals surface area contributed by atoms with E-state index in [1.54, 1.807) is 27.7 Å². The van der Waals surface area contributed by atoms with Gasteiger partial charge in [0, 0.05) is 11.7 Å². The van der Waals surface area contributed by atoms with Crippen LogP contribution in [0.1, 0.15) is 79.1 Å². The van der Waals surface area contributed by atoms with E-state index in [1.165, 1.54) is 6.42 Å². The minimum atomic E-state index is -0.920. The third-order valence-electron chi connectivity index (χ3n) is 5.81. The number of carbonyl (C=O) groups is 3. The van der Waals surface area contributed by atoms with E-state index < -0.39 is 18.0 Å². The maximum atomic E-state index is 12.6. The summed E-state index contributed by atoms with van der Waals surface area (Å²) < 4.78 is 10.4. The highest BCUT2D eigenvalue weighted by Crippen LogP contribution is 2.29. The molecule has 4 atom stereocenters. The summed E-state index contributed by atoms with van der Waals surface area (Å²) in [5.41, 5.74) is 1.46. The van der Waals surface area contributed by atoms with Crippen molar-refractivity contribution in [1.29, 1.82) is 0 Å². The molecular formula is C21H32N2O5. The van der Waals surface area contributed by atoms with Crippen LogP contribution in [0.3, 0.4) is 0 Å². The van der Waals surface area contributed by atoms with Crippen LogP contribution in [0.25, 0.3) is 0 Å². The summed E-state index contributed by atoms with van der Waals surface area (Å²) in [4.78, 5) is 40.0. The second kappa shape index (κ2) is 9.26. The molecule has 0 saturated heterocycles. The van der Waals surface area contributed by atoms with Crippen LogP contribution in [-0.4, -0.2) is 41.6 Å². The van der Waals surface area contributed by atoms with Crippen molar-refractivity contribution in [2.24, 2.45) is 11.8 Å². The van der Waals surface area contributed by atoms with Crippen LogP contribution in [0.2, 0.25) is 0 Å². The lowest BCUT2D eigenvalue weighted by atomic mass is 9.78. The maximum Gasteiger partial charge on any atom is 0.355 e. The zero-order valence-electron chi connectivity index (χ0n) is 17.7. The van der Waals surface area contributed by atoms with Gasteiger partial charge >= 0.3 is 11.9 Å². The van der Waals surface area contributed by atoms with Gasteiger partial charge in [-0.2, -0.15) is 0 Å². The smallest absolute Gasteiger partial charge is 0.355 e. The monoisotopic (exact) mass is 392 g/mol. The number of aromatic nitrogens is 1. The molecule has 0 aromatic carbocycles. The van der Waals surface area contributed by atoms with E-state index in [1.807, 2.05) is 0 Å². The number of aryl methyl sites for hydroxylation is 1. The normalized spacial score (nSPS) is 23.0. The third kappa shape index (κ3) is 4.75. The SMILES string of the molecule is CCOC(=O)c1[nH]c(C)c(C(=O)O[C@H](C)C(=O)N[C@H]2CCC[C@H](C)[C@@H]2C)c1C. The summed E-state index contributed by atoms with van der Waals surface area (Å²) >= 11 is 0. The molecule has 1 aliphatic rings. The highest BCUT2D eigenvalue weighted by atomic mass is 16.5. The average molecular weight is 392 g/mol. The molecule has 1 amide bonds. The van der Waals surface area contributed by atoms with E-state index in [4.69, 9.17) is 9.47 Å². The number of H-pyrrole nitrogens is 1. The first-order valence-electron chi connectivity index (χ1n) is 10.0. The van der Waals surface area contributed by atoms with E-state index in [2.05, 4.69) is 24.1 Å². The van der Waals surface area contributed by atoms with Crippen LogP contribution in [0, 0.1) is 25.7 Å². The molecule has 1 fully saturated rings. The Morgan fingerprint density at radius 1 is 1.18 bits per heavy atom. The topological polar surface area (TPSA) is 97.5 Å². The Hall–Kier alpha value is -2.31. The molecule has 0 aliphatic heterocycles. The minimum Gasteiger partial charge on any atom is -0.461 e. The quantitative estimate of drug-likeness (QED) is 0.724. The number of rotatable bonds is 6. The van der Waals surface area contributed by atoms with Crippen molar-refractivity contribution in [2.45, 2.75) is 73.0 Å². The molecule has 1 aromatic heterocycles. The fourth-order valence-electron chi connectivity index (χ4n) is 3.82. The van der Waals surface area contributed by atoms with Crippen molar-refractivity contribution in [3.63, 3.8) is 0 Å². The van der Waals surface area contributed by atoms with Gasteiger partial charge in [-0.1, -0.05) is 26.7 Å². The highest BCUT2D eigenvalue weighted by molar-refractivity contribution is 5.99. The Balaban J connectivity index is 2.04. The molecule has 0 unspecified atom stereocenters. The highest BCUT2D eigenvalue weighted by Gasteiger charge is 2.31. The van der Waals surface area contributed by atoms with Crippen molar-refractivity contribution >= 4 is 17.8 Å². The third-order valence-corrected chi connectivity index (χ3v) is 5.81. The molecular weight excluding hydrogens is 360 g/mol. The van der Waals surface area contributed by atoms with Gasteiger partial charge in [-0.05, 0) is 51.5 Å². The molecule has 1 aromatic rings. The van der Waals surface area contributed by atoms with Gasteiger partial charge in [-0.15, -0.1) is 0 Å². The number of esters is 2. The van der Waals surface area contributed by atoms with Gasteiger partial charge in [0.1, 0.15) is 5.69 Å². The Bertz CT molecular complexity index is 739. The first-order chi connectivity index (χ1) is 13.2. The second-order valence-corrected chi connectivity index (χ2v) is 7.78. The summed E-state index contributed by atoms with van der Waals surface area (Å²) in [7, 11) is 0. The molecule has 156 valence electrons. The van der Waals surface area contributed by atoms with E-state index in [9.17, 15) is 14.4 Å². The summed E-state index contributed by atoms with van der Waals surface area (Å²) in [5.74, 6) is -0.496. The van der Waals surface area contributed by atoms with E-state index >= 15 is 0 Å². The Morgan fingerprint density at radius 3 is 2.50 bits per heavy atom. The van der Waals surface area contributed by atoms with Crippen LogP contribution >= 0.6 is 0 Å². The molecule has 0 spiro atoms. The van der Waals surface area contributed by atoms with E-state index in [0.29, 0.717) is 23.1 Å². The number of carbonyl (C=O) groups excluding carboxylic acids is 3. The van der Waals surface area contributed by atoms with Crippen molar-refractivity contribution in [3.05, 3.63) is 22.5 Å². The van der Waals surface area contributed by atoms with E-state index in [-0.39, 0.29) is 29.8 Å². The first-order valence-corrected chi connectivity index (χ1v) is 10.0.